The summed E-state index contributed by atoms with van der Waals surface area (Å²) < 4.78 is 29.6. The van der Waals surface area contributed by atoms with E-state index in [9.17, 15) is 9.59 Å². The zero-order valence-corrected chi connectivity index (χ0v) is 24.3. The SMILES string of the molecule is CCOC(=O)C1=C(c2ccccc2)N=c2sc(=Cc3cc4c(cc3C)OCO4)c(=O)n2[C@H]1c1ccc(OC)c(OC)c1. The number of aromatic nitrogens is 1. The Balaban J connectivity index is 1.64. The van der Waals surface area contributed by atoms with Crippen LogP contribution in [0, 0.1) is 6.92 Å². The Labute approximate surface area is 245 Å². The summed E-state index contributed by atoms with van der Waals surface area (Å²) in [5.74, 6) is 1.73. The predicted octanol–water partition coefficient (Wildman–Crippen LogP) is 3.99. The van der Waals surface area contributed by atoms with Crippen LogP contribution in [0.25, 0.3) is 11.8 Å². The summed E-state index contributed by atoms with van der Waals surface area (Å²) >= 11 is 1.25. The van der Waals surface area contributed by atoms with Crippen LogP contribution in [0.1, 0.15) is 35.2 Å². The Morgan fingerprint density at radius 3 is 2.50 bits per heavy atom. The van der Waals surface area contributed by atoms with Crippen molar-refractivity contribution in [1.29, 1.82) is 0 Å². The molecule has 2 aliphatic heterocycles. The van der Waals surface area contributed by atoms with Gasteiger partial charge in [0.1, 0.15) is 0 Å². The molecule has 0 unspecified atom stereocenters. The Bertz CT molecular complexity index is 1910. The number of esters is 1. The van der Waals surface area contributed by atoms with Crippen LogP contribution in [0.15, 0.2) is 76.0 Å². The van der Waals surface area contributed by atoms with E-state index < -0.39 is 12.0 Å². The number of nitrogens with zero attached hydrogens (tertiary/aromatic N) is 2. The standard InChI is InChI=1S/C32H28N2O7S/c1-5-39-31(36)27-28(19-9-7-6-8-10-19)33-32-34(29(27)20-11-12-22(37-3)23(14-20)38-4)30(35)26(42-32)16-21-15-25-24(13-18(21)2)40-17-41-25/h6-16,29H,5,17H2,1-4H3/t29-/m0/s1. The number of aryl methyl sites for hydroxylation is 1. The Morgan fingerprint density at radius 1 is 1.05 bits per heavy atom. The molecule has 0 fully saturated rings. The van der Waals surface area contributed by atoms with Crippen molar-refractivity contribution in [2.45, 2.75) is 19.9 Å². The summed E-state index contributed by atoms with van der Waals surface area (Å²) in [5.41, 5.74) is 3.54. The van der Waals surface area contributed by atoms with Crippen molar-refractivity contribution in [1.82, 2.24) is 4.57 Å². The van der Waals surface area contributed by atoms with Crippen LogP contribution in [-0.4, -0.2) is 38.2 Å². The molecule has 0 spiro atoms. The number of ether oxygens (including phenoxy) is 5. The molecule has 4 aromatic rings. The zero-order valence-electron chi connectivity index (χ0n) is 23.5. The van der Waals surface area contributed by atoms with Gasteiger partial charge in [-0.1, -0.05) is 47.7 Å². The van der Waals surface area contributed by atoms with E-state index in [2.05, 4.69) is 0 Å². The van der Waals surface area contributed by atoms with E-state index in [-0.39, 0.29) is 24.5 Å². The molecule has 9 nitrogen and oxygen atoms in total. The molecule has 0 amide bonds. The van der Waals surface area contributed by atoms with Gasteiger partial charge in [-0.25, -0.2) is 9.79 Å². The summed E-state index contributed by atoms with van der Waals surface area (Å²) in [5, 5.41) is 0. The summed E-state index contributed by atoms with van der Waals surface area (Å²) in [6.45, 7) is 4.01. The number of thiazole rings is 1. The van der Waals surface area contributed by atoms with Crippen molar-refractivity contribution in [2.75, 3.05) is 27.6 Å². The van der Waals surface area contributed by atoms with Gasteiger partial charge in [-0.2, -0.15) is 0 Å². The molecule has 1 atom stereocenters. The monoisotopic (exact) mass is 584 g/mol. The van der Waals surface area contributed by atoms with Crippen molar-refractivity contribution in [3.8, 4) is 23.0 Å². The van der Waals surface area contributed by atoms with Gasteiger partial charge in [0.2, 0.25) is 6.79 Å². The molecule has 0 radical (unpaired) electrons. The van der Waals surface area contributed by atoms with Gasteiger partial charge >= 0.3 is 5.97 Å². The van der Waals surface area contributed by atoms with Crippen molar-refractivity contribution in [3.05, 3.63) is 108 Å². The molecule has 0 aliphatic carbocycles. The van der Waals surface area contributed by atoms with E-state index in [4.69, 9.17) is 28.7 Å². The molecule has 214 valence electrons. The number of methoxy groups -OCH3 is 2. The third-order valence-corrected chi connectivity index (χ3v) is 8.13. The molecule has 0 saturated carbocycles. The minimum Gasteiger partial charge on any atom is -0.493 e. The fraction of sp³-hybridized carbons (Fsp3) is 0.219. The van der Waals surface area contributed by atoms with E-state index in [1.165, 1.54) is 18.4 Å². The number of hydrogen-bond acceptors (Lipinski definition) is 9. The Hall–Kier alpha value is -4.83. The van der Waals surface area contributed by atoms with Gasteiger partial charge in [-0.05, 0) is 60.9 Å². The molecule has 3 heterocycles. The molecular formula is C32H28N2O7S. The highest BCUT2D eigenvalue weighted by Crippen LogP contribution is 2.39. The lowest BCUT2D eigenvalue weighted by molar-refractivity contribution is -0.138. The number of rotatable bonds is 7. The lowest BCUT2D eigenvalue weighted by atomic mass is 9.93. The first-order valence-corrected chi connectivity index (χ1v) is 14.2. The Kier molecular flexibility index (Phi) is 7.30. The van der Waals surface area contributed by atoms with E-state index in [1.54, 1.807) is 30.7 Å². The number of carbonyl (C=O) groups excluding carboxylic acids is 1. The molecular weight excluding hydrogens is 556 g/mol. The second kappa shape index (κ2) is 11.2. The van der Waals surface area contributed by atoms with Gasteiger partial charge < -0.3 is 23.7 Å². The predicted molar refractivity (Wildman–Crippen MR) is 158 cm³/mol. The van der Waals surface area contributed by atoms with Gasteiger partial charge in [0, 0.05) is 5.56 Å². The van der Waals surface area contributed by atoms with Gasteiger partial charge in [0.25, 0.3) is 5.56 Å². The number of benzene rings is 3. The second-order valence-corrected chi connectivity index (χ2v) is 10.6. The van der Waals surface area contributed by atoms with Crippen LogP contribution in [0.3, 0.4) is 0 Å². The summed E-state index contributed by atoms with van der Waals surface area (Å²) in [6.07, 6.45) is 1.82. The highest BCUT2D eigenvalue weighted by molar-refractivity contribution is 7.07. The summed E-state index contributed by atoms with van der Waals surface area (Å²) in [4.78, 5) is 33.2. The minimum absolute atomic E-state index is 0.157. The largest absolute Gasteiger partial charge is 0.493 e. The first-order valence-electron chi connectivity index (χ1n) is 13.3. The van der Waals surface area contributed by atoms with Crippen LogP contribution < -0.4 is 33.8 Å². The number of carbonyl (C=O) groups is 1. The first kappa shape index (κ1) is 27.3. The highest BCUT2D eigenvalue weighted by atomic mass is 32.1. The molecule has 1 aromatic heterocycles. The third kappa shape index (κ3) is 4.73. The highest BCUT2D eigenvalue weighted by Gasteiger charge is 2.35. The number of hydrogen-bond donors (Lipinski definition) is 0. The quantitative estimate of drug-likeness (QED) is 0.303. The minimum atomic E-state index is -0.838. The number of fused-ring (bicyclic) bond motifs is 2. The fourth-order valence-corrected chi connectivity index (χ4v) is 6.13. The maximum atomic E-state index is 14.2. The molecule has 0 bridgehead atoms. The van der Waals surface area contributed by atoms with Crippen LogP contribution in [-0.2, 0) is 9.53 Å². The molecule has 2 aliphatic rings. The fourth-order valence-electron chi connectivity index (χ4n) is 5.13. The Morgan fingerprint density at radius 2 is 1.79 bits per heavy atom. The van der Waals surface area contributed by atoms with Gasteiger partial charge in [-0.3, -0.25) is 9.36 Å². The van der Waals surface area contributed by atoms with E-state index >= 15 is 0 Å². The van der Waals surface area contributed by atoms with Crippen molar-refractivity contribution in [3.63, 3.8) is 0 Å². The normalized spacial score (nSPS) is 15.7. The average Bonchev–Trinajstić information content (AvgIpc) is 3.59. The topological polar surface area (TPSA) is 97.6 Å². The lowest BCUT2D eigenvalue weighted by Crippen LogP contribution is -2.40. The van der Waals surface area contributed by atoms with Gasteiger partial charge in [0.05, 0.1) is 42.7 Å². The maximum Gasteiger partial charge on any atom is 0.338 e. The van der Waals surface area contributed by atoms with Crippen LogP contribution >= 0.6 is 11.3 Å². The van der Waals surface area contributed by atoms with E-state index in [1.807, 2.05) is 61.5 Å². The third-order valence-electron chi connectivity index (χ3n) is 7.14. The lowest BCUT2D eigenvalue weighted by Gasteiger charge is -2.26. The molecule has 3 aromatic carbocycles. The average molecular weight is 585 g/mol. The van der Waals surface area contributed by atoms with Crippen molar-refractivity contribution < 1.29 is 28.5 Å². The van der Waals surface area contributed by atoms with E-state index in [0.717, 1.165) is 16.7 Å². The maximum absolute atomic E-state index is 14.2. The van der Waals surface area contributed by atoms with Crippen molar-refractivity contribution in [2.24, 2.45) is 4.99 Å². The molecule has 42 heavy (non-hydrogen) atoms. The van der Waals surface area contributed by atoms with Crippen LogP contribution in [0.2, 0.25) is 0 Å². The molecule has 0 saturated heterocycles. The molecule has 10 heteroatoms. The molecule has 6 rings (SSSR count). The van der Waals surface area contributed by atoms with Crippen LogP contribution in [0.4, 0.5) is 0 Å². The summed E-state index contributed by atoms with van der Waals surface area (Å²) in [7, 11) is 3.09. The van der Waals surface area contributed by atoms with Gasteiger partial charge in [0.15, 0.2) is 27.8 Å². The zero-order chi connectivity index (χ0) is 29.4. The molecule has 0 N–H and O–H groups in total. The summed E-state index contributed by atoms with van der Waals surface area (Å²) in [6, 6.07) is 17.7. The smallest absolute Gasteiger partial charge is 0.338 e. The first-order chi connectivity index (χ1) is 20.4. The van der Waals surface area contributed by atoms with Crippen LogP contribution in [0.5, 0.6) is 23.0 Å². The van der Waals surface area contributed by atoms with Gasteiger partial charge in [-0.15, -0.1) is 0 Å². The second-order valence-electron chi connectivity index (χ2n) is 9.61. The van der Waals surface area contributed by atoms with E-state index in [0.29, 0.717) is 43.6 Å². The van der Waals surface area contributed by atoms with Crippen molar-refractivity contribution >= 4 is 29.1 Å².